The minimum atomic E-state index is -0.884. The van der Waals surface area contributed by atoms with Gasteiger partial charge in [0.05, 0.1) is 6.10 Å². The molecule has 3 rings (SSSR count). The van der Waals surface area contributed by atoms with Gasteiger partial charge in [-0.15, -0.1) is 0 Å². The molecule has 5 heteroatoms. The first kappa shape index (κ1) is 17.8. The second kappa shape index (κ2) is 7.50. The van der Waals surface area contributed by atoms with E-state index in [2.05, 4.69) is 5.32 Å². The summed E-state index contributed by atoms with van der Waals surface area (Å²) < 4.78 is 34.3. The first-order chi connectivity index (χ1) is 12.0. The SMILES string of the molecule is CC[C@H](O)c1cc(Oc2ccc(F)c3c2CCC3)c(CNC)cc1F. The minimum Gasteiger partial charge on any atom is -0.457 e. The van der Waals surface area contributed by atoms with Crippen molar-refractivity contribution in [3.05, 3.63) is 58.2 Å². The standard InChI is InChI=1S/C20H23F2NO2/c1-3-18(24)15-10-20(12(11-23-2)9-17(15)22)25-19-8-7-16(21)13-5-4-6-14(13)19/h7-10,18,23-24H,3-6,11H2,1-2H3/t18-/m0/s1. The van der Waals surface area contributed by atoms with Gasteiger partial charge in [0.1, 0.15) is 23.1 Å². The van der Waals surface area contributed by atoms with Crippen molar-refractivity contribution in [2.75, 3.05) is 7.05 Å². The highest BCUT2D eigenvalue weighted by Crippen LogP contribution is 2.37. The molecule has 3 nitrogen and oxygen atoms in total. The molecule has 1 aliphatic carbocycles. The summed E-state index contributed by atoms with van der Waals surface area (Å²) in [7, 11) is 1.77. The van der Waals surface area contributed by atoms with Crippen molar-refractivity contribution in [1.82, 2.24) is 5.32 Å². The van der Waals surface area contributed by atoms with E-state index >= 15 is 0 Å². The fourth-order valence-corrected chi connectivity index (χ4v) is 3.35. The zero-order chi connectivity index (χ0) is 18.0. The van der Waals surface area contributed by atoms with Crippen molar-refractivity contribution in [3.8, 4) is 11.5 Å². The third kappa shape index (κ3) is 3.53. The predicted octanol–water partition coefficient (Wildman–Crippen LogP) is 4.41. The van der Waals surface area contributed by atoms with E-state index in [1.165, 1.54) is 12.1 Å². The quantitative estimate of drug-likeness (QED) is 0.813. The highest BCUT2D eigenvalue weighted by Gasteiger charge is 2.22. The lowest BCUT2D eigenvalue weighted by Crippen LogP contribution is -2.09. The topological polar surface area (TPSA) is 41.5 Å². The molecular weight excluding hydrogens is 324 g/mol. The fourth-order valence-electron chi connectivity index (χ4n) is 3.35. The molecule has 0 radical (unpaired) electrons. The molecule has 0 fully saturated rings. The van der Waals surface area contributed by atoms with Crippen LogP contribution in [0.2, 0.25) is 0 Å². The van der Waals surface area contributed by atoms with Gasteiger partial charge in [-0.3, -0.25) is 0 Å². The van der Waals surface area contributed by atoms with Crippen LogP contribution in [0.1, 0.15) is 48.1 Å². The van der Waals surface area contributed by atoms with Crippen LogP contribution in [-0.2, 0) is 19.4 Å². The molecule has 0 saturated carbocycles. The maximum absolute atomic E-state index is 14.3. The fraction of sp³-hybridized carbons (Fsp3) is 0.400. The molecule has 2 aromatic rings. The third-order valence-corrected chi connectivity index (χ3v) is 4.70. The van der Waals surface area contributed by atoms with Gasteiger partial charge in [-0.2, -0.15) is 0 Å². The molecule has 1 atom stereocenters. The van der Waals surface area contributed by atoms with Crippen LogP contribution in [0.3, 0.4) is 0 Å². The molecule has 0 saturated heterocycles. The Bertz CT molecular complexity index is 777. The summed E-state index contributed by atoms with van der Waals surface area (Å²) in [5.74, 6) is 0.446. The summed E-state index contributed by atoms with van der Waals surface area (Å²) in [5.41, 5.74) is 2.47. The first-order valence-corrected chi connectivity index (χ1v) is 8.68. The highest BCUT2D eigenvalue weighted by atomic mass is 19.1. The summed E-state index contributed by atoms with van der Waals surface area (Å²) >= 11 is 0. The second-order valence-corrected chi connectivity index (χ2v) is 6.39. The maximum Gasteiger partial charge on any atom is 0.132 e. The van der Waals surface area contributed by atoms with Crippen LogP contribution in [0.25, 0.3) is 0 Å². The molecule has 2 N–H and O–H groups in total. The summed E-state index contributed by atoms with van der Waals surface area (Å²) in [6, 6.07) is 6.00. The van der Waals surface area contributed by atoms with Crippen LogP contribution in [0.5, 0.6) is 11.5 Å². The molecule has 0 spiro atoms. The molecule has 1 aliphatic rings. The Morgan fingerprint density at radius 2 is 1.88 bits per heavy atom. The van der Waals surface area contributed by atoms with E-state index in [0.29, 0.717) is 42.0 Å². The molecule has 0 aliphatic heterocycles. The summed E-state index contributed by atoms with van der Waals surface area (Å²) in [6.45, 7) is 2.22. The van der Waals surface area contributed by atoms with Crippen LogP contribution in [0.4, 0.5) is 8.78 Å². The second-order valence-electron chi connectivity index (χ2n) is 6.39. The van der Waals surface area contributed by atoms with E-state index in [1.54, 1.807) is 26.1 Å². The Morgan fingerprint density at radius 1 is 1.12 bits per heavy atom. The smallest absolute Gasteiger partial charge is 0.132 e. The van der Waals surface area contributed by atoms with Gasteiger partial charge in [0.2, 0.25) is 0 Å². The molecular formula is C20H23F2NO2. The zero-order valence-electron chi connectivity index (χ0n) is 14.5. The van der Waals surface area contributed by atoms with Gasteiger partial charge < -0.3 is 15.2 Å². The lowest BCUT2D eigenvalue weighted by Gasteiger charge is -2.18. The molecule has 0 bridgehead atoms. The van der Waals surface area contributed by atoms with Crippen molar-refractivity contribution in [2.24, 2.45) is 0 Å². The molecule has 0 heterocycles. The number of fused-ring (bicyclic) bond motifs is 1. The van der Waals surface area contributed by atoms with Gasteiger partial charge >= 0.3 is 0 Å². The lowest BCUT2D eigenvalue weighted by molar-refractivity contribution is 0.168. The Balaban J connectivity index is 2.03. The molecule has 0 amide bonds. The number of hydrogen-bond acceptors (Lipinski definition) is 3. The lowest BCUT2D eigenvalue weighted by atomic mass is 10.0. The normalized spacial score (nSPS) is 14.4. The summed E-state index contributed by atoms with van der Waals surface area (Å²) in [6.07, 6.45) is 1.91. The maximum atomic E-state index is 14.3. The van der Waals surface area contributed by atoms with E-state index < -0.39 is 11.9 Å². The molecule has 25 heavy (non-hydrogen) atoms. The van der Waals surface area contributed by atoms with E-state index in [4.69, 9.17) is 4.74 Å². The Morgan fingerprint density at radius 3 is 2.60 bits per heavy atom. The Kier molecular flexibility index (Phi) is 5.35. The van der Waals surface area contributed by atoms with Crippen LogP contribution < -0.4 is 10.1 Å². The van der Waals surface area contributed by atoms with E-state index in [-0.39, 0.29) is 11.4 Å². The zero-order valence-corrected chi connectivity index (χ0v) is 14.5. The van der Waals surface area contributed by atoms with E-state index in [0.717, 1.165) is 18.4 Å². The van der Waals surface area contributed by atoms with Gasteiger partial charge in [-0.05, 0) is 62.6 Å². The van der Waals surface area contributed by atoms with Crippen molar-refractivity contribution in [1.29, 1.82) is 0 Å². The Labute approximate surface area is 146 Å². The number of benzene rings is 2. The number of aliphatic hydroxyl groups excluding tert-OH is 1. The summed E-state index contributed by atoms with van der Waals surface area (Å²) in [5, 5.41) is 13.0. The van der Waals surface area contributed by atoms with Gasteiger partial charge in [0.25, 0.3) is 0 Å². The molecule has 0 aromatic heterocycles. The van der Waals surface area contributed by atoms with Crippen LogP contribution in [0, 0.1) is 11.6 Å². The number of ether oxygens (including phenoxy) is 1. The Hall–Kier alpha value is -1.98. The molecule has 0 unspecified atom stereocenters. The summed E-state index contributed by atoms with van der Waals surface area (Å²) in [4.78, 5) is 0. The van der Waals surface area contributed by atoms with Crippen molar-refractivity contribution < 1.29 is 18.6 Å². The van der Waals surface area contributed by atoms with Crippen molar-refractivity contribution in [3.63, 3.8) is 0 Å². The number of halogens is 2. The minimum absolute atomic E-state index is 0.198. The predicted molar refractivity (Wildman–Crippen MR) is 92.9 cm³/mol. The van der Waals surface area contributed by atoms with Gasteiger partial charge in [0, 0.05) is 23.2 Å². The molecule has 134 valence electrons. The number of rotatable bonds is 6. The van der Waals surface area contributed by atoms with Gasteiger partial charge in [0.15, 0.2) is 0 Å². The average Bonchev–Trinajstić information content (AvgIpc) is 3.10. The monoisotopic (exact) mass is 347 g/mol. The van der Waals surface area contributed by atoms with Crippen molar-refractivity contribution in [2.45, 2.75) is 45.3 Å². The van der Waals surface area contributed by atoms with E-state index in [9.17, 15) is 13.9 Å². The number of aliphatic hydroxyl groups is 1. The molecule has 2 aromatic carbocycles. The number of hydrogen-bond donors (Lipinski definition) is 2. The van der Waals surface area contributed by atoms with Gasteiger partial charge in [-0.1, -0.05) is 6.92 Å². The first-order valence-electron chi connectivity index (χ1n) is 8.68. The van der Waals surface area contributed by atoms with Crippen LogP contribution in [0.15, 0.2) is 24.3 Å². The third-order valence-electron chi connectivity index (χ3n) is 4.70. The van der Waals surface area contributed by atoms with Gasteiger partial charge in [-0.25, -0.2) is 8.78 Å². The average molecular weight is 347 g/mol. The largest absolute Gasteiger partial charge is 0.457 e. The van der Waals surface area contributed by atoms with Crippen LogP contribution in [-0.4, -0.2) is 12.2 Å². The van der Waals surface area contributed by atoms with Crippen LogP contribution >= 0.6 is 0 Å². The highest BCUT2D eigenvalue weighted by molar-refractivity contribution is 5.48. The van der Waals surface area contributed by atoms with Crippen molar-refractivity contribution >= 4 is 0 Å². The number of nitrogens with one attached hydrogen (secondary N) is 1. The van der Waals surface area contributed by atoms with E-state index in [1.807, 2.05) is 0 Å².